The molecule has 0 heterocycles. The fourth-order valence-electron chi connectivity index (χ4n) is 1.62. The van der Waals surface area contributed by atoms with Gasteiger partial charge in [-0.05, 0) is 18.2 Å². The summed E-state index contributed by atoms with van der Waals surface area (Å²) in [5.41, 5.74) is -0.672. The van der Waals surface area contributed by atoms with Crippen molar-refractivity contribution in [2.75, 3.05) is 26.8 Å². The molecule has 0 saturated heterocycles. The summed E-state index contributed by atoms with van der Waals surface area (Å²) in [6.45, 7) is 2.19. The zero-order valence-corrected chi connectivity index (χ0v) is 12.0. The number of rotatable bonds is 7. The normalized spacial score (nSPS) is 11.8. The molecule has 1 N–H and O–H groups in total. The molecule has 6 nitrogen and oxygen atoms in total. The van der Waals surface area contributed by atoms with E-state index in [0.717, 1.165) is 22.5 Å². The van der Waals surface area contributed by atoms with Gasteiger partial charge in [0.2, 0.25) is 10.0 Å². The van der Waals surface area contributed by atoms with Crippen molar-refractivity contribution in [1.82, 2.24) is 4.31 Å². The molecule has 0 aliphatic rings. The van der Waals surface area contributed by atoms with Crippen LogP contribution in [0.4, 0.5) is 4.39 Å². The zero-order chi connectivity index (χ0) is 15.3. The molecule has 0 bridgehead atoms. The maximum absolute atomic E-state index is 13.3. The number of hydrogen-bond acceptors (Lipinski definition) is 4. The molecule has 0 atom stereocenters. The standard InChI is InChI=1S/C12H16FNO5S/c1-3-14(6-7-19-2)20(17,18)9-4-5-11(13)10(8-9)12(15)16/h4-5,8H,3,6-7H2,1-2H3,(H,15,16). The largest absolute Gasteiger partial charge is 0.478 e. The van der Waals surface area contributed by atoms with Gasteiger partial charge in [-0.2, -0.15) is 4.31 Å². The molecule has 8 heteroatoms. The monoisotopic (exact) mass is 305 g/mol. The molecule has 1 aromatic carbocycles. The quantitative estimate of drug-likeness (QED) is 0.818. The highest BCUT2D eigenvalue weighted by molar-refractivity contribution is 7.89. The number of nitrogens with zero attached hydrogens (tertiary/aromatic N) is 1. The van der Waals surface area contributed by atoms with Crippen LogP contribution in [-0.4, -0.2) is 50.6 Å². The van der Waals surface area contributed by atoms with E-state index < -0.39 is 27.4 Å². The molecule has 0 saturated carbocycles. The Kier molecular flexibility index (Phi) is 5.61. The number of halogens is 1. The number of hydrogen-bond donors (Lipinski definition) is 1. The van der Waals surface area contributed by atoms with Crippen LogP contribution in [0.1, 0.15) is 17.3 Å². The fraction of sp³-hybridized carbons (Fsp3) is 0.417. The first-order valence-corrected chi connectivity index (χ1v) is 7.30. The van der Waals surface area contributed by atoms with Crippen molar-refractivity contribution in [1.29, 1.82) is 0 Å². The molecule has 112 valence electrons. The summed E-state index contributed by atoms with van der Waals surface area (Å²) in [5.74, 6) is -2.49. The van der Waals surface area contributed by atoms with Gasteiger partial charge in [0.25, 0.3) is 0 Å². The van der Waals surface area contributed by atoms with Crippen LogP contribution in [0.2, 0.25) is 0 Å². The van der Waals surface area contributed by atoms with Crippen LogP contribution in [0.25, 0.3) is 0 Å². The number of sulfonamides is 1. The highest BCUT2D eigenvalue weighted by atomic mass is 32.2. The number of ether oxygens (including phenoxy) is 1. The summed E-state index contributed by atoms with van der Waals surface area (Å²) < 4.78 is 43.9. The SMILES string of the molecule is CCN(CCOC)S(=O)(=O)c1ccc(F)c(C(=O)O)c1. The van der Waals surface area contributed by atoms with Crippen molar-refractivity contribution in [2.24, 2.45) is 0 Å². The van der Waals surface area contributed by atoms with Gasteiger partial charge in [-0.3, -0.25) is 0 Å². The molecule has 0 unspecified atom stereocenters. The van der Waals surface area contributed by atoms with Gasteiger partial charge in [0.15, 0.2) is 0 Å². The molecule has 0 fully saturated rings. The van der Waals surface area contributed by atoms with E-state index >= 15 is 0 Å². The molecule has 0 aromatic heterocycles. The van der Waals surface area contributed by atoms with Crippen LogP contribution in [0.5, 0.6) is 0 Å². The molecule has 1 aromatic rings. The highest BCUT2D eigenvalue weighted by Crippen LogP contribution is 2.19. The number of likely N-dealkylation sites (N-methyl/N-ethyl adjacent to an activating group) is 1. The third-order valence-corrected chi connectivity index (χ3v) is 4.67. The average Bonchev–Trinajstić information content (AvgIpc) is 2.39. The molecule has 0 radical (unpaired) electrons. The summed E-state index contributed by atoms with van der Waals surface area (Å²) in [5, 5.41) is 8.82. The van der Waals surface area contributed by atoms with Crippen LogP contribution >= 0.6 is 0 Å². The Hall–Kier alpha value is -1.51. The molecule has 20 heavy (non-hydrogen) atoms. The van der Waals surface area contributed by atoms with Crippen molar-refractivity contribution in [2.45, 2.75) is 11.8 Å². The van der Waals surface area contributed by atoms with E-state index in [1.165, 1.54) is 7.11 Å². The highest BCUT2D eigenvalue weighted by Gasteiger charge is 2.25. The Labute approximate surface area is 116 Å². The van der Waals surface area contributed by atoms with Gasteiger partial charge in [0.05, 0.1) is 17.1 Å². The summed E-state index contributed by atoms with van der Waals surface area (Å²) in [6.07, 6.45) is 0. The van der Waals surface area contributed by atoms with Crippen LogP contribution in [0.15, 0.2) is 23.1 Å². The lowest BCUT2D eigenvalue weighted by molar-refractivity contribution is 0.0691. The number of benzene rings is 1. The summed E-state index contributed by atoms with van der Waals surface area (Å²) in [7, 11) is -2.43. The van der Waals surface area contributed by atoms with Crippen molar-refractivity contribution in [3.05, 3.63) is 29.6 Å². The van der Waals surface area contributed by atoms with E-state index in [9.17, 15) is 17.6 Å². The van der Waals surface area contributed by atoms with E-state index in [2.05, 4.69) is 0 Å². The van der Waals surface area contributed by atoms with Gasteiger partial charge in [-0.25, -0.2) is 17.6 Å². The number of methoxy groups -OCH3 is 1. The predicted molar refractivity (Wildman–Crippen MR) is 69.7 cm³/mol. The minimum atomic E-state index is -3.87. The zero-order valence-electron chi connectivity index (χ0n) is 11.2. The second-order valence-corrected chi connectivity index (χ2v) is 5.87. The Bertz CT molecular complexity index is 588. The number of carboxylic acids is 1. The van der Waals surface area contributed by atoms with E-state index in [0.29, 0.717) is 0 Å². The van der Waals surface area contributed by atoms with Gasteiger partial charge in [-0.15, -0.1) is 0 Å². The average molecular weight is 305 g/mol. The van der Waals surface area contributed by atoms with E-state index in [1.54, 1.807) is 6.92 Å². The third-order valence-electron chi connectivity index (χ3n) is 2.70. The van der Waals surface area contributed by atoms with E-state index in [1.807, 2.05) is 0 Å². The molecule has 1 rings (SSSR count). The van der Waals surface area contributed by atoms with E-state index in [-0.39, 0.29) is 24.6 Å². The van der Waals surface area contributed by atoms with E-state index in [4.69, 9.17) is 9.84 Å². The van der Waals surface area contributed by atoms with Gasteiger partial charge in [0.1, 0.15) is 5.82 Å². The molecule has 0 aliphatic carbocycles. The summed E-state index contributed by atoms with van der Waals surface area (Å²) >= 11 is 0. The maximum atomic E-state index is 13.3. The molecule has 0 amide bonds. The minimum absolute atomic E-state index is 0.134. The lowest BCUT2D eigenvalue weighted by Gasteiger charge is -2.20. The van der Waals surface area contributed by atoms with Gasteiger partial charge in [0, 0.05) is 20.2 Å². The second-order valence-electron chi connectivity index (χ2n) is 3.94. The first-order chi connectivity index (χ1) is 9.34. The second kappa shape index (κ2) is 6.78. The number of carbonyl (C=O) groups is 1. The number of aromatic carboxylic acids is 1. The first kappa shape index (κ1) is 16.5. The van der Waals surface area contributed by atoms with Crippen molar-refractivity contribution < 1.29 is 27.4 Å². The lowest BCUT2D eigenvalue weighted by atomic mass is 10.2. The van der Waals surface area contributed by atoms with Crippen molar-refractivity contribution in [3.63, 3.8) is 0 Å². The maximum Gasteiger partial charge on any atom is 0.338 e. The van der Waals surface area contributed by atoms with Crippen LogP contribution in [0.3, 0.4) is 0 Å². The predicted octanol–water partition coefficient (Wildman–Crippen LogP) is 1.18. The lowest BCUT2D eigenvalue weighted by Crippen LogP contribution is -2.33. The Morgan fingerprint density at radius 3 is 2.60 bits per heavy atom. The number of carboxylic acid groups (broad SMARTS) is 1. The molecule has 0 spiro atoms. The van der Waals surface area contributed by atoms with Crippen LogP contribution in [0, 0.1) is 5.82 Å². The summed E-state index contributed by atoms with van der Waals surface area (Å²) in [6, 6.07) is 2.70. The molecular formula is C12H16FNO5S. The van der Waals surface area contributed by atoms with Crippen LogP contribution in [-0.2, 0) is 14.8 Å². The molecular weight excluding hydrogens is 289 g/mol. The Morgan fingerprint density at radius 1 is 1.45 bits per heavy atom. The Balaban J connectivity index is 3.20. The first-order valence-electron chi connectivity index (χ1n) is 5.86. The van der Waals surface area contributed by atoms with Gasteiger partial charge in [-0.1, -0.05) is 6.92 Å². The third kappa shape index (κ3) is 3.53. The van der Waals surface area contributed by atoms with Crippen molar-refractivity contribution >= 4 is 16.0 Å². The van der Waals surface area contributed by atoms with Crippen LogP contribution < -0.4 is 0 Å². The van der Waals surface area contributed by atoms with Gasteiger partial charge >= 0.3 is 5.97 Å². The summed E-state index contributed by atoms with van der Waals surface area (Å²) in [4.78, 5) is 10.6. The van der Waals surface area contributed by atoms with Crippen molar-refractivity contribution in [3.8, 4) is 0 Å². The fourth-order valence-corrected chi connectivity index (χ4v) is 3.08. The topological polar surface area (TPSA) is 83.9 Å². The Morgan fingerprint density at radius 2 is 2.10 bits per heavy atom. The molecule has 0 aliphatic heterocycles. The van der Waals surface area contributed by atoms with Gasteiger partial charge < -0.3 is 9.84 Å². The smallest absolute Gasteiger partial charge is 0.338 e. The minimum Gasteiger partial charge on any atom is -0.478 e.